The lowest BCUT2D eigenvalue weighted by atomic mass is 9.91. The van der Waals surface area contributed by atoms with E-state index in [0.29, 0.717) is 12.1 Å². The van der Waals surface area contributed by atoms with E-state index >= 15 is 0 Å². The van der Waals surface area contributed by atoms with Crippen LogP contribution in [0, 0.1) is 5.92 Å². The van der Waals surface area contributed by atoms with Crippen LogP contribution >= 0.6 is 7.80 Å². The Bertz CT molecular complexity index is 256. The molecule has 0 amide bonds. The number of hydrogen-bond donors (Lipinski definition) is 2. The van der Waals surface area contributed by atoms with Crippen molar-refractivity contribution in [3.63, 3.8) is 0 Å². The molecule has 86 valence electrons. The van der Waals surface area contributed by atoms with Gasteiger partial charge < -0.3 is 10.2 Å². The molecule has 0 spiro atoms. The van der Waals surface area contributed by atoms with Crippen molar-refractivity contribution in [2.45, 2.75) is 44.4 Å². The zero-order chi connectivity index (χ0) is 11.5. The first-order valence-electron chi connectivity index (χ1n) is 5.35. The van der Waals surface area contributed by atoms with Crippen molar-refractivity contribution >= 4 is 13.8 Å². The summed E-state index contributed by atoms with van der Waals surface area (Å²) in [7, 11) is -2.08. The number of aliphatic carboxylic acids is 1. The normalized spacial score (nSPS) is 23.2. The van der Waals surface area contributed by atoms with E-state index in [9.17, 15) is 14.5 Å². The Labute approximate surface area is 90.5 Å². The fourth-order valence-electron chi connectivity index (χ4n) is 1.89. The number of carbonyl (C=O) groups is 1. The highest BCUT2D eigenvalue weighted by atomic mass is 31.1. The van der Waals surface area contributed by atoms with E-state index in [-0.39, 0.29) is 0 Å². The van der Waals surface area contributed by atoms with E-state index in [1.807, 2.05) is 0 Å². The lowest BCUT2D eigenvalue weighted by Gasteiger charge is -2.18. The van der Waals surface area contributed by atoms with Crippen LogP contribution in [-0.2, 0) is 9.36 Å². The van der Waals surface area contributed by atoms with Gasteiger partial charge in [0.25, 0.3) is 0 Å². The minimum atomic E-state index is -2.08. The van der Waals surface area contributed by atoms with Crippen molar-refractivity contribution in [1.82, 2.24) is 0 Å². The average Bonchev–Trinajstić information content (AvgIpc) is 2.18. The van der Waals surface area contributed by atoms with Crippen molar-refractivity contribution in [1.29, 1.82) is 0 Å². The average molecular weight is 233 g/mol. The molecule has 0 saturated heterocycles. The Kier molecular flexibility index (Phi) is 4.23. The summed E-state index contributed by atoms with van der Waals surface area (Å²) >= 11 is 0. The largest absolute Gasteiger partial charge is 0.476 e. The predicted octanol–water partition coefficient (Wildman–Crippen LogP) is 2.19. The summed E-state index contributed by atoms with van der Waals surface area (Å²) in [5, 5.41) is 16.2. The second kappa shape index (κ2) is 5.04. The molecule has 2 atom stereocenters. The molecule has 1 saturated carbocycles. The number of rotatable bonds is 4. The van der Waals surface area contributed by atoms with Crippen LogP contribution in [0.2, 0.25) is 0 Å². The highest BCUT2D eigenvalue weighted by Gasteiger charge is 2.50. The Morgan fingerprint density at radius 3 is 2.40 bits per heavy atom. The van der Waals surface area contributed by atoms with Gasteiger partial charge in [-0.25, -0.2) is 4.79 Å². The molecule has 4 nitrogen and oxygen atoms in total. The van der Waals surface area contributed by atoms with Gasteiger partial charge in [0, 0.05) is 12.8 Å². The Morgan fingerprint density at radius 2 is 1.93 bits per heavy atom. The Hall–Kier alpha value is -0.470. The summed E-state index contributed by atoms with van der Waals surface area (Å²) in [5.41, 5.74) is 0. The molecule has 0 aliphatic heterocycles. The van der Waals surface area contributed by atoms with Crippen LogP contribution in [0.3, 0.4) is 0 Å². The maximum absolute atomic E-state index is 11.7. The third-order valence-corrected chi connectivity index (χ3v) is 5.05. The number of carboxylic acids is 1. The molecular weight excluding hydrogens is 215 g/mol. The Morgan fingerprint density at radius 1 is 1.40 bits per heavy atom. The molecule has 0 aromatic heterocycles. The van der Waals surface area contributed by atoms with Gasteiger partial charge >= 0.3 is 19.1 Å². The lowest BCUT2D eigenvalue weighted by Crippen LogP contribution is -2.32. The van der Waals surface area contributed by atoms with Crippen molar-refractivity contribution in [2.24, 2.45) is 5.92 Å². The summed E-state index contributed by atoms with van der Waals surface area (Å²) < 4.78 is 11.7. The van der Waals surface area contributed by atoms with Crippen molar-refractivity contribution in [2.75, 3.05) is 6.16 Å². The first kappa shape index (κ1) is 12.6. The Balaban J connectivity index is 2.50. The van der Waals surface area contributed by atoms with Crippen LogP contribution in [0.4, 0.5) is 0 Å². The van der Waals surface area contributed by atoms with E-state index in [2.05, 4.69) is 0 Å². The van der Waals surface area contributed by atoms with Gasteiger partial charge in [0.05, 0.1) is 0 Å². The first-order chi connectivity index (χ1) is 6.94. The van der Waals surface area contributed by atoms with E-state index < -0.39 is 19.1 Å². The molecule has 0 heterocycles. The number of hydrogen-bond acceptors (Lipinski definition) is 3. The van der Waals surface area contributed by atoms with Crippen molar-refractivity contribution in [3.8, 4) is 0 Å². The number of carboxylic acid groups (broad SMARTS) is 1. The summed E-state index contributed by atoms with van der Waals surface area (Å²) in [5.74, 6) is -1.06. The standard InChI is InChI=1S/C10H17O4P/c1-10(13,9(11)12)15(14)7-8-5-3-2-4-6-8/h8,13H,2-7H2,1H3/p+1. The highest BCUT2D eigenvalue weighted by molar-refractivity contribution is 7.47. The van der Waals surface area contributed by atoms with Crippen molar-refractivity contribution in [3.05, 3.63) is 0 Å². The van der Waals surface area contributed by atoms with Crippen LogP contribution in [0.1, 0.15) is 39.0 Å². The van der Waals surface area contributed by atoms with Crippen LogP contribution in [-0.4, -0.2) is 27.7 Å². The minimum Gasteiger partial charge on any atom is -0.476 e. The van der Waals surface area contributed by atoms with Gasteiger partial charge in [-0.2, -0.15) is 0 Å². The molecule has 0 radical (unpaired) electrons. The molecule has 1 rings (SSSR count). The molecule has 15 heavy (non-hydrogen) atoms. The van der Waals surface area contributed by atoms with Crippen LogP contribution in [0.25, 0.3) is 0 Å². The third-order valence-electron chi connectivity index (χ3n) is 3.04. The molecule has 1 fully saturated rings. The zero-order valence-electron chi connectivity index (χ0n) is 8.98. The van der Waals surface area contributed by atoms with Crippen molar-refractivity contribution < 1.29 is 19.6 Å². The van der Waals surface area contributed by atoms with Gasteiger partial charge in [0.2, 0.25) is 0 Å². The monoisotopic (exact) mass is 233 g/mol. The molecule has 2 N–H and O–H groups in total. The molecule has 0 bridgehead atoms. The SMILES string of the molecule is CC(O)(C(=O)O)[P+](=O)CC1CCCCC1. The summed E-state index contributed by atoms with van der Waals surface area (Å²) in [6, 6.07) is 0. The quantitative estimate of drug-likeness (QED) is 0.730. The second-order valence-electron chi connectivity index (χ2n) is 4.39. The smallest absolute Gasteiger partial charge is 0.387 e. The molecule has 5 heteroatoms. The fourth-order valence-corrected chi connectivity index (χ4v) is 3.29. The van der Waals surface area contributed by atoms with Gasteiger partial charge in [-0.15, -0.1) is 0 Å². The van der Waals surface area contributed by atoms with Gasteiger partial charge in [-0.1, -0.05) is 23.8 Å². The molecular formula is C10H18O4P+. The lowest BCUT2D eigenvalue weighted by molar-refractivity contribution is -0.148. The van der Waals surface area contributed by atoms with E-state index in [1.165, 1.54) is 6.42 Å². The summed E-state index contributed by atoms with van der Waals surface area (Å²) in [6.07, 6.45) is 5.83. The fraction of sp³-hybridized carbons (Fsp3) is 0.900. The number of aliphatic hydroxyl groups is 1. The summed E-state index contributed by atoms with van der Waals surface area (Å²) in [6.45, 7) is 1.12. The van der Waals surface area contributed by atoms with Crippen LogP contribution < -0.4 is 0 Å². The highest BCUT2D eigenvalue weighted by Crippen LogP contribution is 2.41. The van der Waals surface area contributed by atoms with E-state index in [1.54, 1.807) is 0 Å². The van der Waals surface area contributed by atoms with Crippen LogP contribution in [0.5, 0.6) is 0 Å². The van der Waals surface area contributed by atoms with Crippen LogP contribution in [0.15, 0.2) is 0 Å². The summed E-state index contributed by atoms with van der Waals surface area (Å²) in [4.78, 5) is 10.7. The van der Waals surface area contributed by atoms with E-state index in [4.69, 9.17) is 5.11 Å². The van der Waals surface area contributed by atoms with Gasteiger partial charge in [-0.05, 0) is 12.8 Å². The predicted molar refractivity (Wildman–Crippen MR) is 57.3 cm³/mol. The van der Waals surface area contributed by atoms with Gasteiger partial charge in [0.1, 0.15) is 0 Å². The molecule has 0 aromatic carbocycles. The van der Waals surface area contributed by atoms with E-state index in [0.717, 1.165) is 32.6 Å². The molecule has 2 unspecified atom stereocenters. The van der Waals surface area contributed by atoms with Gasteiger partial charge in [-0.3, -0.25) is 0 Å². The molecule has 1 aliphatic carbocycles. The second-order valence-corrected chi connectivity index (χ2v) is 6.38. The van der Waals surface area contributed by atoms with Gasteiger partial charge in [0.15, 0.2) is 6.16 Å². The molecule has 1 aliphatic rings. The topological polar surface area (TPSA) is 74.6 Å². The first-order valence-corrected chi connectivity index (χ1v) is 6.79. The maximum Gasteiger partial charge on any atom is 0.387 e. The zero-order valence-corrected chi connectivity index (χ0v) is 9.87. The minimum absolute atomic E-state index is 0.327. The third kappa shape index (κ3) is 3.25. The molecule has 0 aromatic rings. The maximum atomic E-state index is 11.7.